The molecular formula is C17H48. The highest BCUT2D eigenvalue weighted by molar-refractivity contribution is 4.47. The Morgan fingerprint density at radius 3 is 0.412 bits per heavy atom. The van der Waals surface area contributed by atoms with Crippen LogP contribution in [0.25, 0.3) is 0 Å². The number of hydrogen-bond acceptors (Lipinski definition) is 0. The third-order valence-electron chi connectivity index (χ3n) is 0. The Morgan fingerprint density at radius 1 is 0.412 bits per heavy atom. The summed E-state index contributed by atoms with van der Waals surface area (Å²) in [5.74, 6) is 0. The molecule has 0 aromatic rings. The predicted molar refractivity (Wildman–Crippen MR) is 93.1 cm³/mol. The number of hydrogen-bond donors (Lipinski definition) is 0. The minimum Gasteiger partial charge on any atom is -0.0776 e. The summed E-state index contributed by atoms with van der Waals surface area (Å²) in [7, 11) is 0. The monoisotopic (exact) mass is 253 g/mol. The average Bonchev–Trinajstić information content (AvgIpc) is 2.08. The van der Waals surface area contributed by atoms with Gasteiger partial charge in [0.2, 0.25) is 0 Å². The molecule has 0 rings (SSSR count). The molecule has 0 nitrogen and oxygen atoms in total. The second kappa shape index (κ2) is 25.0. The largest absolute Gasteiger partial charge is 0.0776 e. The molecule has 0 radical (unpaired) electrons. The van der Waals surface area contributed by atoms with Crippen LogP contribution in [0.5, 0.6) is 0 Å². The van der Waals surface area contributed by atoms with Crippen molar-refractivity contribution in [3.63, 3.8) is 0 Å². The van der Waals surface area contributed by atoms with Gasteiger partial charge in [-0.25, -0.2) is 0 Å². The zero-order valence-corrected chi connectivity index (χ0v) is 15.0. The molecule has 0 atom stereocenters. The minimum absolute atomic E-state index is 0. The molecule has 17 heavy (non-hydrogen) atoms. The molecule has 0 unspecified atom stereocenters. The van der Waals surface area contributed by atoms with Gasteiger partial charge in [0.05, 0.1) is 0 Å². The van der Waals surface area contributed by atoms with E-state index >= 15 is 0 Å². The Labute approximate surface area is 117 Å². The minimum atomic E-state index is 0. The van der Waals surface area contributed by atoms with Gasteiger partial charge < -0.3 is 0 Å². The van der Waals surface area contributed by atoms with E-state index in [2.05, 4.69) is 55.4 Å². The lowest BCUT2D eigenvalue weighted by Gasteiger charge is -2.05. The fourth-order valence-corrected chi connectivity index (χ4v) is 0. The maximum atomic E-state index is 2.19. The average molecular weight is 254 g/mol. The molecule has 0 saturated carbocycles. The fourth-order valence-electron chi connectivity index (χ4n) is 0. The van der Waals surface area contributed by atoms with Crippen LogP contribution < -0.4 is 0 Å². The molecule has 0 amide bonds. The van der Waals surface area contributed by atoms with Crippen LogP contribution in [0, 0.1) is 10.8 Å². The molecule has 0 aromatic heterocycles. The van der Waals surface area contributed by atoms with Crippen molar-refractivity contribution in [2.45, 2.75) is 104 Å². The SMILES string of the molecule is C.CC.CC.CC.CC(C)(C)C.CC(C)(C)C.[2HH]. The lowest BCUT2D eigenvalue weighted by molar-refractivity contribution is 0.469. The van der Waals surface area contributed by atoms with Gasteiger partial charge in [-0.1, -0.05) is 104 Å². The first-order valence-electron chi connectivity index (χ1n) is 7.00. The third-order valence-corrected chi connectivity index (χ3v) is 0. The van der Waals surface area contributed by atoms with Crippen molar-refractivity contribution in [2.75, 3.05) is 0 Å². The Morgan fingerprint density at radius 2 is 0.412 bits per heavy atom. The Balaban J connectivity index is -0.0000000177. The van der Waals surface area contributed by atoms with Crippen LogP contribution >= 0.6 is 0 Å². The van der Waals surface area contributed by atoms with E-state index in [9.17, 15) is 0 Å². The van der Waals surface area contributed by atoms with E-state index in [0.717, 1.165) is 0 Å². The molecule has 0 heterocycles. The van der Waals surface area contributed by atoms with E-state index in [1.54, 1.807) is 0 Å². The van der Waals surface area contributed by atoms with E-state index in [1.807, 2.05) is 41.5 Å². The van der Waals surface area contributed by atoms with Crippen LogP contribution in [-0.4, -0.2) is 0 Å². The van der Waals surface area contributed by atoms with E-state index < -0.39 is 0 Å². The van der Waals surface area contributed by atoms with Crippen molar-refractivity contribution in [3.05, 3.63) is 0 Å². The molecule has 0 fully saturated rings. The number of rotatable bonds is 0. The van der Waals surface area contributed by atoms with Gasteiger partial charge in [0.25, 0.3) is 0 Å². The first-order valence-corrected chi connectivity index (χ1v) is 7.00. The lowest BCUT2D eigenvalue weighted by atomic mass is 10.0. The molecule has 116 valence electrons. The lowest BCUT2D eigenvalue weighted by Crippen LogP contribution is -1.93. The highest BCUT2D eigenvalue weighted by atomic mass is 14.0. The molecule has 0 aliphatic carbocycles. The normalized spacial score (nSPS) is 8.12. The highest BCUT2D eigenvalue weighted by Crippen LogP contribution is 2.08. The van der Waals surface area contributed by atoms with Gasteiger partial charge in [-0.3, -0.25) is 0 Å². The van der Waals surface area contributed by atoms with Crippen molar-refractivity contribution in [3.8, 4) is 0 Å². The highest BCUT2D eigenvalue weighted by Gasteiger charge is 1.96. The van der Waals surface area contributed by atoms with Crippen molar-refractivity contribution in [2.24, 2.45) is 10.8 Å². The molecule has 0 aliphatic rings. The summed E-state index contributed by atoms with van der Waals surface area (Å²) < 4.78 is 0. The van der Waals surface area contributed by atoms with Crippen LogP contribution in [-0.2, 0) is 0 Å². The predicted octanol–water partition coefficient (Wildman–Crippen LogP) is 8.07. The van der Waals surface area contributed by atoms with Crippen molar-refractivity contribution in [1.82, 2.24) is 0 Å². The summed E-state index contributed by atoms with van der Waals surface area (Å²) >= 11 is 0. The maximum Gasteiger partial charge on any atom is 0 e. The summed E-state index contributed by atoms with van der Waals surface area (Å²) in [5, 5.41) is 0. The van der Waals surface area contributed by atoms with Gasteiger partial charge in [-0.15, -0.1) is 0 Å². The van der Waals surface area contributed by atoms with Crippen LogP contribution in [0.4, 0.5) is 0 Å². The Kier molecular flexibility index (Phi) is 52.9. The van der Waals surface area contributed by atoms with Crippen LogP contribution in [0.15, 0.2) is 0 Å². The smallest absolute Gasteiger partial charge is 0 e. The van der Waals surface area contributed by atoms with Crippen LogP contribution in [0.2, 0.25) is 0 Å². The van der Waals surface area contributed by atoms with Gasteiger partial charge in [-0.2, -0.15) is 0 Å². The molecule has 0 aromatic carbocycles. The molecule has 0 heteroatoms. The molecule has 0 N–H and O–H groups in total. The Hall–Kier alpha value is 0. The first kappa shape index (κ1) is 36.0. The summed E-state index contributed by atoms with van der Waals surface area (Å²) in [6.45, 7) is 29.5. The first-order chi connectivity index (χ1) is 7.00. The summed E-state index contributed by atoms with van der Waals surface area (Å²) in [4.78, 5) is 0. The van der Waals surface area contributed by atoms with E-state index in [0.29, 0.717) is 10.8 Å². The third kappa shape index (κ3) is 0. The molecule has 0 saturated heterocycles. The van der Waals surface area contributed by atoms with Gasteiger partial charge in [-0.05, 0) is 10.8 Å². The summed E-state index contributed by atoms with van der Waals surface area (Å²) in [6.07, 6.45) is 0. The second-order valence-electron chi connectivity index (χ2n) is 6.00. The standard InChI is InChI=1S/2C5H12.3C2H6.CH4.H2/c2*1-5(2,3)4;3*1-2;;/h2*1-4H3;3*1-2H3;1H4;1H/i;;;;;;1+1. The van der Waals surface area contributed by atoms with Gasteiger partial charge in [0.1, 0.15) is 0 Å². The van der Waals surface area contributed by atoms with Crippen molar-refractivity contribution < 1.29 is 1.43 Å². The van der Waals surface area contributed by atoms with Crippen LogP contribution in [0.3, 0.4) is 0 Å². The zero-order valence-electron chi connectivity index (χ0n) is 15.0. The van der Waals surface area contributed by atoms with E-state index in [1.165, 1.54) is 0 Å². The van der Waals surface area contributed by atoms with Gasteiger partial charge in [0.15, 0.2) is 0 Å². The molecule has 0 spiro atoms. The van der Waals surface area contributed by atoms with E-state index in [-0.39, 0.29) is 8.85 Å². The second-order valence-corrected chi connectivity index (χ2v) is 6.00. The van der Waals surface area contributed by atoms with Gasteiger partial charge in [0, 0.05) is 1.43 Å². The van der Waals surface area contributed by atoms with Crippen LogP contribution in [0.1, 0.15) is 106 Å². The van der Waals surface area contributed by atoms with Gasteiger partial charge >= 0.3 is 0 Å². The molecule has 0 bridgehead atoms. The topological polar surface area (TPSA) is 0 Å². The van der Waals surface area contributed by atoms with Crippen molar-refractivity contribution >= 4 is 0 Å². The molecular weight excluding hydrogens is 204 g/mol. The fraction of sp³-hybridized carbons (Fsp3) is 1.00. The maximum absolute atomic E-state index is 2.19. The summed E-state index contributed by atoms with van der Waals surface area (Å²) in [6, 6.07) is 0. The quantitative estimate of drug-likeness (QED) is 0.409. The van der Waals surface area contributed by atoms with Crippen molar-refractivity contribution in [1.29, 1.82) is 0 Å². The zero-order chi connectivity index (χ0) is 15.0. The molecule has 0 aliphatic heterocycles. The Bertz CT molecular complexity index is 48.6. The summed E-state index contributed by atoms with van der Waals surface area (Å²) in [5.41, 5.74) is 1.00. The van der Waals surface area contributed by atoms with E-state index in [4.69, 9.17) is 0 Å².